The van der Waals surface area contributed by atoms with Crippen LogP contribution in [0, 0.1) is 0 Å². The molecule has 1 heterocycles. The number of hydrogen-bond donors (Lipinski definition) is 5. The molecule has 212 valence electrons. The Labute approximate surface area is 224 Å². The maximum Gasteiger partial charge on any atom is 0.229 e. The van der Waals surface area contributed by atoms with Gasteiger partial charge in [-0.15, -0.1) is 0 Å². The van der Waals surface area contributed by atoms with E-state index in [0.29, 0.717) is 29.5 Å². The summed E-state index contributed by atoms with van der Waals surface area (Å²) >= 11 is 0. The molecule has 1 fully saturated rings. The number of rotatable bonds is 7. The van der Waals surface area contributed by atoms with Gasteiger partial charge in [0.25, 0.3) is 0 Å². The number of fused-ring (bicyclic) bond motifs is 3. The minimum absolute atomic E-state index is 0.111. The van der Waals surface area contributed by atoms with E-state index in [1.165, 1.54) is 34.3 Å². The van der Waals surface area contributed by atoms with E-state index in [1.807, 2.05) is 0 Å². The van der Waals surface area contributed by atoms with Gasteiger partial charge < -0.3 is 49.4 Å². The number of aliphatic hydroxyl groups is 4. The lowest BCUT2D eigenvalue weighted by molar-refractivity contribution is -0.277. The van der Waals surface area contributed by atoms with Crippen molar-refractivity contribution in [2.45, 2.75) is 56.5 Å². The summed E-state index contributed by atoms with van der Waals surface area (Å²) in [5.41, 5.74) is 2.15. The summed E-state index contributed by atoms with van der Waals surface area (Å²) in [7, 11) is 4.23. The summed E-state index contributed by atoms with van der Waals surface area (Å²) in [5.74, 6) is 0.368. The SMILES string of the molecule is COc1c(O[C@@H]2O[C@@H](CO)[C@@H](O)[C@@H](O)[C@H]2O)cc2c(c1OC)-c1ccc(OC)c(=O)cc1[C@@H](NC(C)=O)CC2. The zero-order valence-electron chi connectivity index (χ0n) is 22.0. The molecule has 0 saturated carbocycles. The smallest absolute Gasteiger partial charge is 0.229 e. The van der Waals surface area contributed by atoms with Crippen LogP contribution in [-0.2, 0) is 16.0 Å². The van der Waals surface area contributed by atoms with Crippen LogP contribution in [0.5, 0.6) is 23.0 Å². The van der Waals surface area contributed by atoms with Crippen LogP contribution in [0.1, 0.15) is 30.5 Å². The topological polar surface area (TPSA) is 173 Å². The highest BCUT2D eigenvalue weighted by atomic mass is 16.7. The molecule has 12 nitrogen and oxygen atoms in total. The third-order valence-electron chi connectivity index (χ3n) is 6.97. The van der Waals surface area contributed by atoms with Crippen molar-refractivity contribution >= 4 is 5.91 Å². The molecule has 5 N–H and O–H groups in total. The van der Waals surface area contributed by atoms with Crippen LogP contribution in [0.4, 0.5) is 0 Å². The fourth-order valence-corrected chi connectivity index (χ4v) is 5.09. The summed E-state index contributed by atoms with van der Waals surface area (Å²) in [6, 6.07) is 5.87. The molecule has 2 aromatic carbocycles. The molecule has 0 aromatic heterocycles. The molecule has 0 bridgehead atoms. The molecule has 1 amide bonds. The molecular weight excluding hydrogens is 514 g/mol. The lowest BCUT2D eigenvalue weighted by atomic mass is 9.95. The fraction of sp³-hybridized carbons (Fsp3) is 0.481. The first-order chi connectivity index (χ1) is 18.6. The highest BCUT2D eigenvalue weighted by Crippen LogP contribution is 2.50. The van der Waals surface area contributed by atoms with Gasteiger partial charge >= 0.3 is 0 Å². The summed E-state index contributed by atoms with van der Waals surface area (Å²) < 4.78 is 28.1. The molecule has 0 radical (unpaired) electrons. The van der Waals surface area contributed by atoms with Gasteiger partial charge in [-0.3, -0.25) is 9.59 Å². The third kappa shape index (κ3) is 5.38. The zero-order valence-corrected chi connectivity index (χ0v) is 22.0. The van der Waals surface area contributed by atoms with Crippen LogP contribution in [-0.4, -0.2) is 85.0 Å². The van der Waals surface area contributed by atoms with E-state index in [2.05, 4.69) is 5.32 Å². The molecule has 0 spiro atoms. The Kier molecular flexibility index (Phi) is 8.62. The minimum atomic E-state index is -1.64. The normalized spacial score (nSPS) is 25.9. The highest BCUT2D eigenvalue weighted by Gasteiger charge is 2.45. The monoisotopic (exact) mass is 547 g/mol. The summed E-state index contributed by atoms with van der Waals surface area (Å²) in [6.07, 6.45) is -6.56. The number of carbonyl (C=O) groups excluding carboxylic acids is 1. The Hall–Kier alpha value is -3.42. The first-order valence-corrected chi connectivity index (χ1v) is 12.4. The van der Waals surface area contributed by atoms with Gasteiger partial charge in [0.15, 0.2) is 17.2 Å². The number of ether oxygens (including phenoxy) is 5. The molecule has 0 unspecified atom stereocenters. The number of aliphatic hydroxyl groups excluding tert-OH is 4. The van der Waals surface area contributed by atoms with Gasteiger partial charge in [0.2, 0.25) is 23.4 Å². The van der Waals surface area contributed by atoms with Crippen molar-refractivity contribution in [3.8, 4) is 34.1 Å². The Bertz CT molecular complexity index is 1280. The van der Waals surface area contributed by atoms with E-state index in [9.17, 15) is 30.0 Å². The molecule has 6 atom stereocenters. The van der Waals surface area contributed by atoms with E-state index < -0.39 is 43.4 Å². The number of carbonyl (C=O) groups is 1. The Morgan fingerprint density at radius 1 is 1.00 bits per heavy atom. The van der Waals surface area contributed by atoms with Gasteiger partial charge in [-0.2, -0.15) is 0 Å². The largest absolute Gasteiger partial charge is 0.493 e. The van der Waals surface area contributed by atoms with Crippen molar-refractivity contribution in [2.24, 2.45) is 0 Å². The summed E-state index contributed by atoms with van der Waals surface area (Å²) in [4.78, 5) is 24.9. The third-order valence-corrected chi connectivity index (χ3v) is 6.97. The minimum Gasteiger partial charge on any atom is -0.493 e. The number of methoxy groups -OCH3 is 3. The van der Waals surface area contributed by atoms with Crippen molar-refractivity contribution in [2.75, 3.05) is 27.9 Å². The first kappa shape index (κ1) is 28.6. The lowest BCUT2D eigenvalue weighted by Gasteiger charge is -2.39. The van der Waals surface area contributed by atoms with E-state index in [0.717, 1.165) is 5.56 Å². The predicted molar refractivity (Wildman–Crippen MR) is 137 cm³/mol. The summed E-state index contributed by atoms with van der Waals surface area (Å²) in [6.45, 7) is 0.786. The van der Waals surface area contributed by atoms with Gasteiger partial charge in [0, 0.05) is 12.5 Å². The molecular formula is C27H33NO11. The molecule has 1 aliphatic heterocycles. The van der Waals surface area contributed by atoms with Gasteiger partial charge in [-0.1, -0.05) is 6.07 Å². The Balaban J connectivity index is 1.89. The number of amides is 1. The van der Waals surface area contributed by atoms with Crippen molar-refractivity contribution in [1.29, 1.82) is 0 Å². The van der Waals surface area contributed by atoms with E-state index in [4.69, 9.17) is 23.7 Å². The molecule has 1 aliphatic carbocycles. The predicted octanol–water partition coefficient (Wildman–Crippen LogP) is 0.0417. The first-order valence-electron chi connectivity index (χ1n) is 12.4. The van der Waals surface area contributed by atoms with Gasteiger partial charge in [0.1, 0.15) is 24.4 Å². The van der Waals surface area contributed by atoms with Gasteiger partial charge in [-0.05, 0) is 47.7 Å². The molecule has 39 heavy (non-hydrogen) atoms. The quantitative estimate of drug-likeness (QED) is 0.317. The van der Waals surface area contributed by atoms with Crippen LogP contribution in [0.2, 0.25) is 0 Å². The Morgan fingerprint density at radius 2 is 1.72 bits per heavy atom. The maximum absolute atomic E-state index is 12.9. The van der Waals surface area contributed by atoms with Gasteiger partial charge in [0.05, 0.1) is 34.0 Å². The van der Waals surface area contributed by atoms with Crippen LogP contribution in [0.25, 0.3) is 11.1 Å². The number of benzene rings is 1. The maximum atomic E-state index is 12.9. The second-order valence-corrected chi connectivity index (χ2v) is 9.36. The average molecular weight is 548 g/mol. The lowest BCUT2D eigenvalue weighted by Crippen LogP contribution is -2.60. The highest BCUT2D eigenvalue weighted by molar-refractivity contribution is 5.83. The van der Waals surface area contributed by atoms with Crippen LogP contribution >= 0.6 is 0 Å². The number of hydrogen-bond acceptors (Lipinski definition) is 11. The Morgan fingerprint density at radius 3 is 2.33 bits per heavy atom. The molecule has 4 rings (SSSR count). The molecule has 2 aliphatic rings. The standard InChI is InChI=1S/C27H33NO11/c1-12(30)28-16-7-5-13-9-19(38-27-24(34)23(33)22(32)20(11-29)39-27)25(36-3)26(37-4)21(13)14-6-8-18(35-2)17(31)10-15(14)16/h6,8-10,16,20,22-24,27,29,32-34H,5,7,11H2,1-4H3,(H,28,30)/t16-,20-,22+,23+,24+,27+/m0/s1. The van der Waals surface area contributed by atoms with Crippen molar-refractivity contribution in [1.82, 2.24) is 5.32 Å². The van der Waals surface area contributed by atoms with Crippen LogP contribution in [0.15, 0.2) is 29.1 Å². The van der Waals surface area contributed by atoms with Crippen molar-refractivity contribution in [3.63, 3.8) is 0 Å². The summed E-state index contributed by atoms with van der Waals surface area (Å²) in [5, 5.41) is 43.3. The van der Waals surface area contributed by atoms with E-state index in [1.54, 1.807) is 18.2 Å². The van der Waals surface area contributed by atoms with Crippen molar-refractivity contribution in [3.05, 3.63) is 45.6 Å². The van der Waals surface area contributed by atoms with E-state index >= 15 is 0 Å². The average Bonchev–Trinajstić information content (AvgIpc) is 3.16. The van der Waals surface area contributed by atoms with E-state index in [-0.39, 0.29) is 34.3 Å². The molecule has 2 aromatic rings. The molecule has 12 heteroatoms. The fourth-order valence-electron chi connectivity index (χ4n) is 5.09. The number of aryl methyl sites for hydroxylation is 1. The van der Waals surface area contributed by atoms with Crippen LogP contribution < -0.4 is 29.7 Å². The zero-order chi connectivity index (χ0) is 28.4. The van der Waals surface area contributed by atoms with Crippen molar-refractivity contribution < 1.29 is 48.9 Å². The molecule has 1 saturated heterocycles. The second kappa shape index (κ2) is 11.8. The van der Waals surface area contributed by atoms with Gasteiger partial charge in [-0.25, -0.2) is 0 Å². The second-order valence-electron chi connectivity index (χ2n) is 9.36. The van der Waals surface area contributed by atoms with Crippen LogP contribution in [0.3, 0.4) is 0 Å². The number of nitrogens with one attached hydrogen (secondary N) is 1.